The van der Waals surface area contributed by atoms with E-state index in [1.807, 2.05) is 71.8 Å². The number of halogens is 1. The van der Waals surface area contributed by atoms with E-state index in [0.717, 1.165) is 105 Å². The number of hydrogen-bond donors (Lipinski definition) is 3. The van der Waals surface area contributed by atoms with Crippen LogP contribution in [0.3, 0.4) is 0 Å². The van der Waals surface area contributed by atoms with E-state index in [0.29, 0.717) is 42.9 Å². The van der Waals surface area contributed by atoms with Crippen molar-refractivity contribution in [2.75, 3.05) is 40.0 Å². The molecule has 3 amide bonds. The van der Waals surface area contributed by atoms with Crippen molar-refractivity contribution in [2.24, 2.45) is 10.9 Å². The molecule has 0 unspecified atom stereocenters. The fourth-order valence-corrected chi connectivity index (χ4v) is 12.2. The summed E-state index contributed by atoms with van der Waals surface area (Å²) in [6, 6.07) is 18.2. The molecule has 4 atom stereocenters. The Morgan fingerprint density at radius 2 is 1.71 bits per heavy atom. The highest BCUT2D eigenvalue weighted by molar-refractivity contribution is 7.15. The van der Waals surface area contributed by atoms with Crippen LogP contribution in [0.2, 0.25) is 5.02 Å². The second-order valence-electron chi connectivity index (χ2n) is 18.2. The van der Waals surface area contributed by atoms with E-state index in [2.05, 4.69) is 57.5 Å². The highest BCUT2D eigenvalue weighted by Crippen LogP contribution is 2.43. The molecule has 69 heavy (non-hydrogen) atoms. The van der Waals surface area contributed by atoms with Gasteiger partial charge < -0.3 is 30.3 Å². The molecule has 362 valence electrons. The van der Waals surface area contributed by atoms with E-state index in [1.165, 1.54) is 4.88 Å². The molecular weight excluding hydrogens is 930 g/mol. The smallest absolute Gasteiger partial charge is 0.246 e. The van der Waals surface area contributed by atoms with Gasteiger partial charge >= 0.3 is 0 Å². The number of rotatable bonds is 17. The van der Waals surface area contributed by atoms with Crippen LogP contribution in [0, 0.1) is 26.7 Å². The highest BCUT2D eigenvalue weighted by atomic mass is 35.5. The maximum Gasteiger partial charge on any atom is 0.246 e. The second kappa shape index (κ2) is 21.6. The van der Waals surface area contributed by atoms with Crippen molar-refractivity contribution < 1.29 is 23.9 Å². The Morgan fingerprint density at radius 1 is 0.913 bits per heavy atom. The molecule has 2 fully saturated rings. The number of nitrogens with zero attached hydrogens (tertiary/aromatic N) is 6. The van der Waals surface area contributed by atoms with Crippen molar-refractivity contribution in [3.8, 4) is 22.0 Å². The van der Waals surface area contributed by atoms with Gasteiger partial charge in [-0.1, -0.05) is 73.3 Å². The Bertz CT molecular complexity index is 2850. The summed E-state index contributed by atoms with van der Waals surface area (Å²) in [6.07, 6.45) is 6.93. The largest absolute Gasteiger partial charge is 0.490 e. The summed E-state index contributed by atoms with van der Waals surface area (Å²) < 4.78 is 14.4. The van der Waals surface area contributed by atoms with Crippen LogP contribution in [0.1, 0.15) is 109 Å². The molecule has 0 radical (unpaired) electrons. The number of aryl methyl sites for hydroxylation is 2. The zero-order chi connectivity index (χ0) is 48.2. The first-order chi connectivity index (χ1) is 33.5. The van der Waals surface area contributed by atoms with E-state index in [4.69, 9.17) is 31.1 Å². The Kier molecular flexibility index (Phi) is 15.2. The first-order valence-electron chi connectivity index (χ1n) is 24.1. The van der Waals surface area contributed by atoms with Crippen molar-refractivity contribution in [1.29, 1.82) is 0 Å². The van der Waals surface area contributed by atoms with Crippen molar-refractivity contribution in [2.45, 2.75) is 103 Å². The summed E-state index contributed by atoms with van der Waals surface area (Å²) in [6.45, 7) is 9.76. The lowest BCUT2D eigenvalue weighted by molar-refractivity contribution is -0.139. The van der Waals surface area contributed by atoms with Gasteiger partial charge in [-0.25, -0.2) is 4.98 Å². The lowest BCUT2D eigenvalue weighted by Crippen LogP contribution is -2.55. The molecule has 1 saturated heterocycles. The summed E-state index contributed by atoms with van der Waals surface area (Å²) in [5.41, 5.74) is 5.54. The van der Waals surface area contributed by atoms with Gasteiger partial charge in [0, 0.05) is 39.5 Å². The predicted octanol–water partition coefficient (Wildman–Crippen LogP) is 9.01. The first-order valence-corrected chi connectivity index (χ1v) is 26.2. The molecule has 0 spiro atoms. The third-order valence-corrected chi connectivity index (χ3v) is 16.2. The molecule has 1 saturated carbocycles. The summed E-state index contributed by atoms with van der Waals surface area (Å²) in [4.78, 5) is 54.7. The van der Waals surface area contributed by atoms with Crippen LogP contribution in [0.4, 0.5) is 0 Å². The summed E-state index contributed by atoms with van der Waals surface area (Å²) in [7, 11) is 1.76. The van der Waals surface area contributed by atoms with Gasteiger partial charge in [-0.2, -0.15) is 0 Å². The highest BCUT2D eigenvalue weighted by Gasteiger charge is 2.40. The first kappa shape index (κ1) is 48.5. The number of thiophene rings is 1. The van der Waals surface area contributed by atoms with Gasteiger partial charge in [0.05, 0.1) is 48.7 Å². The van der Waals surface area contributed by atoms with Gasteiger partial charge in [-0.3, -0.25) is 23.9 Å². The molecule has 3 aliphatic rings. The van der Waals surface area contributed by atoms with Crippen molar-refractivity contribution in [3.63, 3.8) is 0 Å². The summed E-state index contributed by atoms with van der Waals surface area (Å²) in [5.74, 6) is 1.83. The van der Waals surface area contributed by atoms with Crippen LogP contribution < -0.4 is 20.7 Å². The second-order valence-corrected chi connectivity index (χ2v) is 20.8. The average molecular weight is 991 g/mol. The number of ether oxygens (including phenoxy) is 2. The van der Waals surface area contributed by atoms with Crippen LogP contribution in [0.15, 0.2) is 71.0 Å². The number of likely N-dealkylation sites (tertiary alicyclic amines) is 1. The molecule has 3 aromatic carbocycles. The fourth-order valence-electron chi connectivity index (χ4n) is 9.87. The van der Waals surface area contributed by atoms with Crippen LogP contribution in [-0.2, 0) is 19.1 Å². The molecule has 2 aliphatic heterocycles. The molecule has 5 heterocycles. The minimum Gasteiger partial charge on any atom is -0.490 e. The number of nitrogens with one attached hydrogen (secondary N) is 3. The van der Waals surface area contributed by atoms with Crippen molar-refractivity contribution in [1.82, 2.24) is 40.6 Å². The maximum absolute atomic E-state index is 14.5. The van der Waals surface area contributed by atoms with Crippen LogP contribution >= 0.6 is 34.3 Å². The Morgan fingerprint density at radius 3 is 2.51 bits per heavy atom. The van der Waals surface area contributed by atoms with Gasteiger partial charge in [-0.05, 0) is 101 Å². The number of likely N-dealkylation sites (N-methyl/N-ethyl adjacent to an activating group) is 1. The Hall–Kier alpha value is -5.52. The number of benzene rings is 3. The molecule has 1 aliphatic carbocycles. The van der Waals surface area contributed by atoms with Gasteiger partial charge in [0.15, 0.2) is 5.82 Å². The molecular formula is C52H60ClN9O5S2. The molecule has 9 rings (SSSR count). The topological polar surface area (TPSA) is 165 Å². The van der Waals surface area contributed by atoms with Crippen LogP contribution in [0.25, 0.3) is 27.0 Å². The number of carbonyl (C=O) groups is 3. The molecule has 3 N–H and O–H groups in total. The molecule has 3 aromatic heterocycles. The van der Waals surface area contributed by atoms with Crippen molar-refractivity contribution >= 4 is 68.5 Å². The minimum absolute atomic E-state index is 0.00720. The Labute approximate surface area is 416 Å². The van der Waals surface area contributed by atoms with E-state index < -0.39 is 18.1 Å². The molecule has 17 heteroatoms. The number of thiazole rings is 1. The number of amides is 3. The van der Waals surface area contributed by atoms with E-state index in [-0.39, 0.29) is 42.7 Å². The normalized spacial score (nSPS) is 18.0. The van der Waals surface area contributed by atoms with Crippen LogP contribution in [-0.4, -0.2) is 100 Å². The third-order valence-electron chi connectivity index (χ3n) is 13.8. The molecule has 0 bridgehead atoms. The number of aromatic nitrogens is 4. The number of fused-ring (bicyclic) bond motifs is 4. The summed E-state index contributed by atoms with van der Waals surface area (Å²) >= 11 is 9.51. The third kappa shape index (κ3) is 10.4. The molecule has 6 aromatic rings. The van der Waals surface area contributed by atoms with E-state index in [9.17, 15) is 14.4 Å². The quantitative estimate of drug-likeness (QED) is 0.0757. The van der Waals surface area contributed by atoms with E-state index in [1.54, 1.807) is 29.7 Å². The summed E-state index contributed by atoms with van der Waals surface area (Å²) in [5, 5.41) is 24.8. The minimum atomic E-state index is -0.569. The lowest BCUT2D eigenvalue weighted by atomic mass is 9.83. The van der Waals surface area contributed by atoms with E-state index >= 15 is 0 Å². The zero-order valence-corrected chi connectivity index (χ0v) is 42.2. The fraction of sp³-hybridized carbons (Fsp3) is 0.442. The van der Waals surface area contributed by atoms with Crippen molar-refractivity contribution in [3.05, 3.63) is 109 Å². The number of hydrogen-bond acceptors (Lipinski definition) is 12. The predicted molar refractivity (Wildman–Crippen MR) is 273 cm³/mol. The van der Waals surface area contributed by atoms with Gasteiger partial charge in [0.2, 0.25) is 17.7 Å². The average Bonchev–Trinajstić information content (AvgIpc) is 4.17. The maximum atomic E-state index is 14.5. The standard InChI is InChI=1S/C52H60ClN9O5S2/c1-30-32(3)69-52-44(30)46(36-17-20-37(53)21-18-36)56-39(48-60-59-33(4)62(48)52)28-43(63)55-23-25-66-26-27-67-42-22-19-34-12-9-10-15-38(34)45(42)40-29-68-50(57-40)41-16-11-24-61(41)51(65)47(35-13-7-6-8-14-35)58-49(64)31(2)54-5/h9-10,12,15,17-22,29,31,35,39,41,47,54H,6-8,11,13-14,16,23-28H2,1-5H3,(H,55,63)(H,58,64)/t31-,39-,41-,47-/m0/s1. The van der Waals surface area contributed by atoms with Gasteiger partial charge in [-0.15, -0.1) is 32.9 Å². The number of carbonyl (C=O) groups excluding carboxylic acids is 3. The monoisotopic (exact) mass is 989 g/mol. The Balaban J connectivity index is 0.833. The van der Waals surface area contributed by atoms with Gasteiger partial charge in [0.25, 0.3) is 0 Å². The molecule has 14 nitrogen and oxygen atoms in total. The van der Waals surface area contributed by atoms with Gasteiger partial charge in [0.1, 0.15) is 40.3 Å². The lowest BCUT2D eigenvalue weighted by Gasteiger charge is -2.35. The SMILES string of the molecule is CN[C@@H](C)C(=O)N[C@H](C(=O)N1CCC[C@H]1c1nc(-c2c(OCCOCCNC(=O)C[C@@H]3N=C(c4ccc(Cl)cc4)c4c(sc(C)c4C)-n4c(C)nnc43)ccc3ccccc23)cs1)C1CCCCC1. The number of aliphatic imine (C=N–C) groups is 1. The van der Waals surface area contributed by atoms with Crippen LogP contribution in [0.5, 0.6) is 5.75 Å². The zero-order valence-electron chi connectivity index (χ0n) is 39.8.